The van der Waals surface area contributed by atoms with Crippen molar-refractivity contribution in [3.63, 3.8) is 0 Å². The van der Waals surface area contributed by atoms with Gasteiger partial charge in [0.05, 0.1) is 9.77 Å². The molecule has 0 saturated heterocycles. The van der Waals surface area contributed by atoms with Crippen molar-refractivity contribution in [3.05, 3.63) is 39.9 Å². The highest BCUT2D eigenvalue weighted by molar-refractivity contribution is 14.1. The first-order chi connectivity index (χ1) is 8.70. The second-order valence-electron chi connectivity index (χ2n) is 4.23. The summed E-state index contributed by atoms with van der Waals surface area (Å²) in [6.45, 7) is 5.36. The summed E-state index contributed by atoms with van der Waals surface area (Å²) in [5, 5.41) is 7.75. The Morgan fingerprint density at radius 1 is 1.50 bits per heavy atom. The lowest BCUT2D eigenvalue weighted by Crippen LogP contribution is -2.19. The molecule has 0 aliphatic carbocycles. The maximum absolute atomic E-state index is 4.36. The fourth-order valence-electron chi connectivity index (χ4n) is 1.73. The number of hydrogen-bond donors (Lipinski definition) is 1. The maximum atomic E-state index is 4.36. The van der Waals surface area contributed by atoms with Gasteiger partial charge in [0.2, 0.25) is 0 Å². The molecule has 0 saturated carbocycles. The van der Waals surface area contributed by atoms with Crippen molar-refractivity contribution in [1.82, 2.24) is 20.1 Å². The molecular weight excluding hydrogens is 339 g/mol. The summed E-state index contributed by atoms with van der Waals surface area (Å²) in [7, 11) is 0. The summed E-state index contributed by atoms with van der Waals surface area (Å²) in [5.74, 6) is 0.862. The number of nitrogens with zero attached hydrogens (tertiary/aromatic N) is 3. The standard InChI is InChI=1S/C13H17IN4/c1-3-5-15-10(2)11-4-6-16-13(7-11)18-9-12(14)8-17-18/h4,6-10,15H,3,5H2,1-2H3. The highest BCUT2D eigenvalue weighted by Gasteiger charge is 2.07. The summed E-state index contributed by atoms with van der Waals surface area (Å²) >= 11 is 2.24. The summed E-state index contributed by atoms with van der Waals surface area (Å²) in [6.07, 6.45) is 6.77. The van der Waals surface area contributed by atoms with Gasteiger partial charge >= 0.3 is 0 Å². The molecule has 2 rings (SSSR count). The lowest BCUT2D eigenvalue weighted by molar-refractivity contribution is 0.569. The second-order valence-corrected chi connectivity index (χ2v) is 5.47. The van der Waals surface area contributed by atoms with E-state index in [1.54, 1.807) is 4.68 Å². The maximum Gasteiger partial charge on any atom is 0.153 e. The van der Waals surface area contributed by atoms with Crippen LogP contribution in [-0.2, 0) is 0 Å². The third-order valence-electron chi connectivity index (χ3n) is 2.76. The highest BCUT2D eigenvalue weighted by atomic mass is 127. The van der Waals surface area contributed by atoms with E-state index < -0.39 is 0 Å². The van der Waals surface area contributed by atoms with E-state index in [0.29, 0.717) is 6.04 Å². The molecule has 0 amide bonds. The topological polar surface area (TPSA) is 42.7 Å². The van der Waals surface area contributed by atoms with E-state index in [9.17, 15) is 0 Å². The molecule has 0 bridgehead atoms. The SMILES string of the molecule is CCCNC(C)c1ccnc(-n2cc(I)cn2)c1. The predicted molar refractivity (Wildman–Crippen MR) is 80.8 cm³/mol. The van der Waals surface area contributed by atoms with E-state index in [1.807, 2.05) is 24.7 Å². The quantitative estimate of drug-likeness (QED) is 0.838. The first kappa shape index (κ1) is 13.5. The summed E-state index contributed by atoms with van der Waals surface area (Å²) < 4.78 is 2.91. The Morgan fingerprint density at radius 3 is 3.00 bits per heavy atom. The van der Waals surface area contributed by atoms with Gasteiger partial charge in [-0.3, -0.25) is 0 Å². The van der Waals surface area contributed by atoms with E-state index >= 15 is 0 Å². The average molecular weight is 356 g/mol. The van der Waals surface area contributed by atoms with E-state index in [2.05, 4.69) is 57.9 Å². The Balaban J connectivity index is 2.19. The fraction of sp³-hybridized carbons (Fsp3) is 0.385. The zero-order valence-electron chi connectivity index (χ0n) is 10.6. The van der Waals surface area contributed by atoms with Crippen molar-refractivity contribution in [2.24, 2.45) is 0 Å². The van der Waals surface area contributed by atoms with Crippen LogP contribution >= 0.6 is 22.6 Å². The van der Waals surface area contributed by atoms with Crippen LogP contribution in [0.4, 0.5) is 0 Å². The van der Waals surface area contributed by atoms with Gasteiger partial charge in [-0.1, -0.05) is 6.92 Å². The minimum absolute atomic E-state index is 0.335. The normalized spacial score (nSPS) is 12.6. The summed E-state index contributed by atoms with van der Waals surface area (Å²) in [4.78, 5) is 4.36. The molecule has 0 aliphatic heterocycles. The molecule has 2 aromatic heterocycles. The van der Waals surface area contributed by atoms with Gasteiger partial charge in [0.1, 0.15) is 0 Å². The highest BCUT2D eigenvalue weighted by Crippen LogP contribution is 2.15. The van der Waals surface area contributed by atoms with Gasteiger partial charge < -0.3 is 5.32 Å². The predicted octanol–water partition coefficient (Wildman–Crippen LogP) is 2.93. The number of rotatable bonds is 5. The molecule has 0 fully saturated rings. The number of halogens is 1. The minimum Gasteiger partial charge on any atom is -0.310 e. The Hall–Kier alpha value is -0.950. The minimum atomic E-state index is 0.335. The smallest absolute Gasteiger partial charge is 0.153 e. The molecule has 1 N–H and O–H groups in total. The number of pyridine rings is 1. The van der Waals surface area contributed by atoms with E-state index in [0.717, 1.165) is 22.4 Å². The van der Waals surface area contributed by atoms with Crippen LogP contribution in [-0.4, -0.2) is 21.3 Å². The molecule has 0 aromatic carbocycles. The molecular formula is C13H17IN4. The van der Waals surface area contributed by atoms with Crippen molar-refractivity contribution >= 4 is 22.6 Å². The first-order valence-electron chi connectivity index (χ1n) is 6.10. The number of nitrogens with one attached hydrogen (secondary N) is 1. The molecule has 2 heterocycles. The molecule has 18 heavy (non-hydrogen) atoms. The Labute approximate surface area is 121 Å². The Morgan fingerprint density at radius 2 is 2.33 bits per heavy atom. The van der Waals surface area contributed by atoms with Crippen molar-refractivity contribution in [3.8, 4) is 5.82 Å². The molecule has 2 aromatic rings. The van der Waals surface area contributed by atoms with Crippen molar-refractivity contribution in [1.29, 1.82) is 0 Å². The molecule has 0 radical (unpaired) electrons. The van der Waals surface area contributed by atoms with Crippen LogP contribution < -0.4 is 5.32 Å². The van der Waals surface area contributed by atoms with Crippen LogP contribution in [0.5, 0.6) is 0 Å². The zero-order valence-corrected chi connectivity index (χ0v) is 12.8. The van der Waals surface area contributed by atoms with Crippen LogP contribution in [0.3, 0.4) is 0 Å². The van der Waals surface area contributed by atoms with Gasteiger partial charge in [-0.2, -0.15) is 5.10 Å². The van der Waals surface area contributed by atoms with E-state index in [-0.39, 0.29) is 0 Å². The van der Waals surface area contributed by atoms with Gasteiger partial charge in [0, 0.05) is 18.4 Å². The number of hydrogen-bond acceptors (Lipinski definition) is 3. The van der Waals surface area contributed by atoms with Gasteiger partial charge in [-0.25, -0.2) is 9.67 Å². The van der Waals surface area contributed by atoms with Crippen LogP contribution in [0.2, 0.25) is 0 Å². The van der Waals surface area contributed by atoms with Crippen LogP contribution in [0, 0.1) is 3.57 Å². The molecule has 0 spiro atoms. The monoisotopic (exact) mass is 356 g/mol. The molecule has 96 valence electrons. The molecule has 1 unspecified atom stereocenters. The van der Waals surface area contributed by atoms with Gasteiger partial charge in [0.15, 0.2) is 5.82 Å². The van der Waals surface area contributed by atoms with Crippen molar-refractivity contribution < 1.29 is 0 Å². The van der Waals surface area contributed by atoms with Crippen LogP contribution in [0.25, 0.3) is 5.82 Å². The van der Waals surface area contributed by atoms with E-state index in [1.165, 1.54) is 5.56 Å². The van der Waals surface area contributed by atoms with Crippen LogP contribution in [0.1, 0.15) is 31.9 Å². The fourth-order valence-corrected chi connectivity index (χ4v) is 2.12. The van der Waals surface area contributed by atoms with Gasteiger partial charge in [0.25, 0.3) is 0 Å². The molecule has 0 aliphatic rings. The third-order valence-corrected chi connectivity index (χ3v) is 3.31. The van der Waals surface area contributed by atoms with Gasteiger partial charge in [-0.05, 0) is 60.2 Å². The zero-order chi connectivity index (χ0) is 13.0. The Kier molecular flexibility index (Phi) is 4.71. The molecule has 1 atom stereocenters. The molecule has 5 heteroatoms. The van der Waals surface area contributed by atoms with E-state index in [4.69, 9.17) is 0 Å². The average Bonchev–Trinajstić information content (AvgIpc) is 2.83. The molecule has 4 nitrogen and oxygen atoms in total. The first-order valence-corrected chi connectivity index (χ1v) is 7.18. The van der Waals surface area contributed by atoms with Crippen molar-refractivity contribution in [2.75, 3.05) is 6.54 Å². The van der Waals surface area contributed by atoms with Crippen molar-refractivity contribution in [2.45, 2.75) is 26.3 Å². The second kappa shape index (κ2) is 6.29. The summed E-state index contributed by atoms with van der Waals surface area (Å²) in [6, 6.07) is 4.46. The lowest BCUT2D eigenvalue weighted by atomic mass is 10.1. The van der Waals surface area contributed by atoms with Gasteiger partial charge in [-0.15, -0.1) is 0 Å². The third kappa shape index (κ3) is 3.29. The Bertz CT molecular complexity index is 509. The summed E-state index contributed by atoms with van der Waals surface area (Å²) in [5.41, 5.74) is 1.24. The lowest BCUT2D eigenvalue weighted by Gasteiger charge is -2.14. The number of aromatic nitrogens is 3. The van der Waals surface area contributed by atoms with Crippen LogP contribution in [0.15, 0.2) is 30.7 Å². The largest absolute Gasteiger partial charge is 0.310 e.